The number of rotatable bonds is 2. The predicted molar refractivity (Wildman–Crippen MR) is 68.4 cm³/mol. The Kier molecular flexibility index (Phi) is 4.20. The van der Waals surface area contributed by atoms with Crippen molar-refractivity contribution in [2.24, 2.45) is 0 Å². The van der Waals surface area contributed by atoms with Gasteiger partial charge in [0.15, 0.2) is 0 Å². The van der Waals surface area contributed by atoms with Gasteiger partial charge in [0.1, 0.15) is 0 Å². The summed E-state index contributed by atoms with van der Waals surface area (Å²) in [7, 11) is 0. The van der Waals surface area contributed by atoms with E-state index in [1.54, 1.807) is 0 Å². The lowest BCUT2D eigenvalue weighted by atomic mass is 9.98. The number of aliphatic hydroxyl groups is 1. The van der Waals surface area contributed by atoms with Gasteiger partial charge in [-0.05, 0) is 18.4 Å². The first-order valence-electron chi connectivity index (χ1n) is 6.42. The molecule has 1 fully saturated rings. The summed E-state index contributed by atoms with van der Waals surface area (Å²) in [5.41, 5.74) is 0.788. The third kappa shape index (κ3) is 2.82. The molecule has 1 heterocycles. The van der Waals surface area contributed by atoms with Gasteiger partial charge in [-0.2, -0.15) is 0 Å². The summed E-state index contributed by atoms with van der Waals surface area (Å²) < 4.78 is 0. The van der Waals surface area contributed by atoms with Crippen molar-refractivity contribution >= 4 is 6.09 Å². The highest BCUT2D eigenvalue weighted by atomic mass is 16.4. The zero-order valence-electron chi connectivity index (χ0n) is 10.3. The molecule has 2 rings (SSSR count). The molecule has 1 aliphatic rings. The van der Waals surface area contributed by atoms with Gasteiger partial charge in [0.2, 0.25) is 0 Å². The van der Waals surface area contributed by atoms with Crippen molar-refractivity contribution in [3.8, 4) is 0 Å². The molecule has 0 bridgehead atoms. The van der Waals surface area contributed by atoms with Crippen LogP contribution in [0.1, 0.15) is 37.4 Å². The van der Waals surface area contributed by atoms with Crippen LogP contribution in [-0.4, -0.2) is 33.8 Å². The van der Waals surface area contributed by atoms with Crippen molar-refractivity contribution in [1.29, 1.82) is 0 Å². The van der Waals surface area contributed by atoms with Gasteiger partial charge in [0, 0.05) is 6.54 Å². The Morgan fingerprint density at radius 3 is 2.61 bits per heavy atom. The second-order valence-corrected chi connectivity index (χ2v) is 4.75. The number of benzene rings is 1. The van der Waals surface area contributed by atoms with E-state index in [-0.39, 0.29) is 6.04 Å². The highest BCUT2D eigenvalue weighted by Crippen LogP contribution is 2.28. The van der Waals surface area contributed by atoms with Gasteiger partial charge < -0.3 is 15.1 Å². The molecule has 0 saturated carbocycles. The molecule has 4 nitrogen and oxygen atoms in total. The number of likely N-dealkylation sites (tertiary alicyclic amines) is 1. The Labute approximate surface area is 107 Å². The number of hydrogen-bond acceptors (Lipinski definition) is 2. The van der Waals surface area contributed by atoms with Crippen LogP contribution in [0.2, 0.25) is 0 Å². The van der Waals surface area contributed by atoms with E-state index in [4.69, 9.17) is 0 Å². The largest absolute Gasteiger partial charge is 0.465 e. The Balaban J connectivity index is 2.19. The summed E-state index contributed by atoms with van der Waals surface area (Å²) in [6, 6.07) is 8.97. The van der Waals surface area contributed by atoms with Gasteiger partial charge in [-0.15, -0.1) is 0 Å². The minimum Gasteiger partial charge on any atom is -0.465 e. The Morgan fingerprint density at radius 2 is 1.94 bits per heavy atom. The molecule has 0 aromatic heterocycles. The van der Waals surface area contributed by atoms with Crippen molar-refractivity contribution in [2.75, 3.05) is 6.54 Å². The normalized spacial score (nSPS) is 22.3. The molecule has 0 radical (unpaired) electrons. The van der Waals surface area contributed by atoms with Gasteiger partial charge >= 0.3 is 6.09 Å². The quantitative estimate of drug-likeness (QED) is 0.847. The summed E-state index contributed by atoms with van der Waals surface area (Å²) in [6.07, 6.45) is 1.93. The molecule has 2 atom stereocenters. The molecule has 4 heteroatoms. The molecule has 2 N–H and O–H groups in total. The van der Waals surface area contributed by atoms with E-state index in [0.29, 0.717) is 6.54 Å². The van der Waals surface area contributed by atoms with E-state index in [1.165, 1.54) is 4.90 Å². The van der Waals surface area contributed by atoms with Crippen molar-refractivity contribution in [3.05, 3.63) is 35.9 Å². The third-order valence-corrected chi connectivity index (χ3v) is 3.55. The van der Waals surface area contributed by atoms with Gasteiger partial charge in [0.05, 0.1) is 12.1 Å². The van der Waals surface area contributed by atoms with Gasteiger partial charge in [0.25, 0.3) is 0 Å². The summed E-state index contributed by atoms with van der Waals surface area (Å²) in [5.74, 6) is 0. The van der Waals surface area contributed by atoms with Crippen LogP contribution in [0.4, 0.5) is 4.79 Å². The van der Waals surface area contributed by atoms with Crippen LogP contribution >= 0.6 is 0 Å². The van der Waals surface area contributed by atoms with Gasteiger partial charge in [-0.1, -0.05) is 43.2 Å². The summed E-state index contributed by atoms with van der Waals surface area (Å²) in [4.78, 5) is 12.7. The highest BCUT2D eigenvalue weighted by molar-refractivity contribution is 5.65. The number of hydrogen-bond donors (Lipinski definition) is 2. The Hall–Kier alpha value is -1.55. The summed E-state index contributed by atoms with van der Waals surface area (Å²) in [6.45, 7) is 0.518. The number of amides is 1. The van der Waals surface area contributed by atoms with Crippen LogP contribution in [0.3, 0.4) is 0 Å². The monoisotopic (exact) mass is 249 g/mol. The van der Waals surface area contributed by atoms with E-state index >= 15 is 0 Å². The van der Waals surface area contributed by atoms with Crippen molar-refractivity contribution in [3.63, 3.8) is 0 Å². The maximum absolute atomic E-state index is 11.3. The molecule has 1 aromatic carbocycles. The third-order valence-electron chi connectivity index (χ3n) is 3.55. The Morgan fingerprint density at radius 1 is 1.22 bits per heavy atom. The fraction of sp³-hybridized carbons (Fsp3) is 0.500. The number of carbonyl (C=O) groups is 1. The minimum atomic E-state index is -0.933. The average Bonchev–Trinajstić information content (AvgIpc) is 2.64. The average molecular weight is 249 g/mol. The van der Waals surface area contributed by atoms with Crippen molar-refractivity contribution in [2.45, 2.75) is 37.8 Å². The molecule has 98 valence electrons. The first kappa shape index (κ1) is 12.9. The second kappa shape index (κ2) is 5.87. The molecule has 1 amide bonds. The zero-order valence-corrected chi connectivity index (χ0v) is 10.3. The molecule has 2 unspecified atom stereocenters. The fourth-order valence-corrected chi connectivity index (χ4v) is 2.57. The van der Waals surface area contributed by atoms with E-state index in [2.05, 4.69) is 0 Å². The van der Waals surface area contributed by atoms with E-state index < -0.39 is 12.2 Å². The standard InChI is InChI=1S/C14H19NO3/c16-13(11-7-3-1-4-8-11)12-9-5-2-6-10-15(12)14(17)18/h1,3-4,7-8,12-13,16H,2,5-6,9-10H2,(H,17,18). The smallest absolute Gasteiger partial charge is 0.407 e. The lowest BCUT2D eigenvalue weighted by molar-refractivity contribution is 0.0479. The highest BCUT2D eigenvalue weighted by Gasteiger charge is 2.31. The molecule has 0 aliphatic carbocycles. The Bertz CT molecular complexity index is 393. The molecule has 1 aliphatic heterocycles. The molecular formula is C14H19NO3. The number of carboxylic acid groups (broad SMARTS) is 1. The van der Waals surface area contributed by atoms with Crippen LogP contribution in [0.25, 0.3) is 0 Å². The second-order valence-electron chi connectivity index (χ2n) is 4.75. The summed E-state index contributed by atoms with van der Waals surface area (Å²) >= 11 is 0. The molecule has 0 spiro atoms. The van der Waals surface area contributed by atoms with Gasteiger partial charge in [-0.25, -0.2) is 4.79 Å². The van der Waals surface area contributed by atoms with Gasteiger partial charge in [-0.3, -0.25) is 0 Å². The molecule has 1 aromatic rings. The van der Waals surface area contributed by atoms with E-state index in [0.717, 1.165) is 31.2 Å². The molecule has 1 saturated heterocycles. The molecule has 18 heavy (non-hydrogen) atoms. The number of aliphatic hydroxyl groups excluding tert-OH is 1. The van der Waals surface area contributed by atoms with Crippen LogP contribution in [0, 0.1) is 0 Å². The predicted octanol–water partition coefficient (Wildman–Crippen LogP) is 2.64. The van der Waals surface area contributed by atoms with Crippen molar-refractivity contribution < 1.29 is 15.0 Å². The van der Waals surface area contributed by atoms with Crippen LogP contribution < -0.4 is 0 Å². The fourth-order valence-electron chi connectivity index (χ4n) is 2.57. The summed E-state index contributed by atoms with van der Waals surface area (Å²) in [5, 5.41) is 19.6. The van der Waals surface area contributed by atoms with Crippen LogP contribution in [0.5, 0.6) is 0 Å². The van der Waals surface area contributed by atoms with Crippen LogP contribution in [-0.2, 0) is 0 Å². The maximum atomic E-state index is 11.3. The lowest BCUT2D eigenvalue weighted by Gasteiger charge is -2.31. The lowest BCUT2D eigenvalue weighted by Crippen LogP contribution is -2.42. The minimum absolute atomic E-state index is 0.326. The van der Waals surface area contributed by atoms with Crippen molar-refractivity contribution in [1.82, 2.24) is 4.90 Å². The molecular weight excluding hydrogens is 230 g/mol. The van der Waals surface area contributed by atoms with E-state index in [1.807, 2.05) is 30.3 Å². The van der Waals surface area contributed by atoms with Crippen LogP contribution in [0.15, 0.2) is 30.3 Å². The number of nitrogens with zero attached hydrogens (tertiary/aromatic N) is 1. The first-order chi connectivity index (χ1) is 8.70. The first-order valence-corrected chi connectivity index (χ1v) is 6.42. The SMILES string of the molecule is O=C(O)N1CCCCCC1C(O)c1ccccc1. The topological polar surface area (TPSA) is 60.8 Å². The maximum Gasteiger partial charge on any atom is 0.407 e. The van der Waals surface area contributed by atoms with E-state index in [9.17, 15) is 15.0 Å². The zero-order chi connectivity index (χ0) is 13.0.